The van der Waals surface area contributed by atoms with E-state index in [1.54, 1.807) is 10.9 Å². The number of amides is 1. The predicted molar refractivity (Wildman–Crippen MR) is 86.0 cm³/mol. The summed E-state index contributed by atoms with van der Waals surface area (Å²) in [5.74, 6) is 0. The highest BCUT2D eigenvalue weighted by molar-refractivity contribution is 5.81. The fraction of sp³-hybridized carbons (Fsp3) is 0.533. The van der Waals surface area contributed by atoms with Crippen LogP contribution in [0, 0.1) is 6.92 Å². The maximum atomic E-state index is 11.5. The third-order valence-electron chi connectivity index (χ3n) is 2.99. The summed E-state index contributed by atoms with van der Waals surface area (Å²) in [6.07, 6.45) is 1.35. The van der Waals surface area contributed by atoms with Gasteiger partial charge in [-0.25, -0.2) is 9.78 Å². The molecule has 7 heteroatoms. The van der Waals surface area contributed by atoms with Crippen molar-refractivity contribution < 1.29 is 9.53 Å². The molecule has 2 N–H and O–H groups in total. The number of hydrogen-bond donors (Lipinski definition) is 2. The van der Waals surface area contributed by atoms with Crippen LogP contribution in [0.15, 0.2) is 12.3 Å². The molecule has 0 saturated heterocycles. The number of nitrogens with zero attached hydrogens (tertiary/aromatic N) is 3. The van der Waals surface area contributed by atoms with Crippen LogP contribution < -0.4 is 10.6 Å². The second-order valence-corrected chi connectivity index (χ2v) is 6.16. The Morgan fingerprint density at radius 1 is 1.36 bits per heavy atom. The number of aryl methyl sites for hydroxylation is 2. The summed E-state index contributed by atoms with van der Waals surface area (Å²) in [6, 6.07) is 2.01. The van der Waals surface area contributed by atoms with Crippen LogP contribution in [0.25, 0.3) is 11.0 Å². The zero-order valence-electron chi connectivity index (χ0n) is 13.7. The van der Waals surface area contributed by atoms with Crippen LogP contribution in [-0.2, 0) is 11.8 Å². The second-order valence-electron chi connectivity index (χ2n) is 6.16. The molecule has 0 aliphatic heterocycles. The molecular formula is C15H23N5O2. The largest absolute Gasteiger partial charge is 0.444 e. The van der Waals surface area contributed by atoms with E-state index in [-0.39, 0.29) is 0 Å². The number of alkyl carbamates (subject to hydrolysis) is 1. The van der Waals surface area contributed by atoms with Crippen molar-refractivity contribution in [2.75, 3.05) is 18.4 Å². The van der Waals surface area contributed by atoms with Gasteiger partial charge in [0.15, 0.2) is 5.65 Å². The second kappa shape index (κ2) is 6.21. The predicted octanol–water partition coefficient (Wildman–Crippen LogP) is 2.21. The Bertz CT molecular complexity index is 672. The van der Waals surface area contributed by atoms with Crippen LogP contribution in [0.5, 0.6) is 0 Å². The van der Waals surface area contributed by atoms with E-state index >= 15 is 0 Å². The fourth-order valence-corrected chi connectivity index (χ4v) is 2.09. The fourth-order valence-electron chi connectivity index (χ4n) is 2.09. The van der Waals surface area contributed by atoms with Crippen LogP contribution in [0.4, 0.5) is 10.5 Å². The summed E-state index contributed by atoms with van der Waals surface area (Å²) in [7, 11) is 1.88. The molecule has 0 aliphatic rings. The minimum atomic E-state index is -0.482. The summed E-state index contributed by atoms with van der Waals surface area (Å²) >= 11 is 0. The van der Waals surface area contributed by atoms with Crippen molar-refractivity contribution in [2.24, 2.45) is 7.05 Å². The quantitative estimate of drug-likeness (QED) is 0.847. The smallest absolute Gasteiger partial charge is 0.407 e. The summed E-state index contributed by atoms with van der Waals surface area (Å²) < 4.78 is 6.93. The number of hydrogen-bond acceptors (Lipinski definition) is 5. The monoisotopic (exact) mass is 305 g/mol. The Balaban J connectivity index is 1.85. The molecule has 0 aliphatic carbocycles. The SMILES string of the molecule is Cc1nn(C)c2ncc(NCCNC(=O)OC(C)(C)C)cc12. The van der Waals surface area contributed by atoms with E-state index in [0.717, 1.165) is 22.4 Å². The van der Waals surface area contributed by atoms with Crippen LogP contribution in [0.2, 0.25) is 0 Å². The lowest BCUT2D eigenvalue weighted by Gasteiger charge is -2.19. The first-order chi connectivity index (χ1) is 10.3. The highest BCUT2D eigenvalue weighted by Crippen LogP contribution is 2.18. The highest BCUT2D eigenvalue weighted by atomic mass is 16.6. The zero-order valence-corrected chi connectivity index (χ0v) is 13.7. The standard InChI is InChI=1S/C15H23N5O2/c1-10-12-8-11(9-18-13(12)20(5)19-10)16-6-7-17-14(21)22-15(2,3)4/h8-9,16H,6-7H2,1-5H3,(H,17,21). The van der Waals surface area contributed by atoms with Gasteiger partial charge < -0.3 is 15.4 Å². The van der Waals surface area contributed by atoms with Crippen LogP contribution >= 0.6 is 0 Å². The molecule has 22 heavy (non-hydrogen) atoms. The van der Waals surface area contributed by atoms with Crippen LogP contribution in [0.1, 0.15) is 26.5 Å². The van der Waals surface area contributed by atoms with Gasteiger partial charge in [0.05, 0.1) is 17.6 Å². The Morgan fingerprint density at radius 3 is 2.77 bits per heavy atom. The van der Waals surface area contributed by atoms with Crippen molar-refractivity contribution in [2.45, 2.75) is 33.3 Å². The van der Waals surface area contributed by atoms with E-state index in [4.69, 9.17) is 4.74 Å². The van der Waals surface area contributed by atoms with Crippen molar-refractivity contribution in [1.29, 1.82) is 0 Å². The van der Waals surface area contributed by atoms with E-state index in [9.17, 15) is 4.79 Å². The van der Waals surface area contributed by atoms with Gasteiger partial charge >= 0.3 is 6.09 Å². The van der Waals surface area contributed by atoms with Gasteiger partial charge in [-0.05, 0) is 33.8 Å². The number of pyridine rings is 1. The molecule has 0 unspecified atom stereocenters. The minimum Gasteiger partial charge on any atom is -0.444 e. The topological polar surface area (TPSA) is 81.1 Å². The van der Waals surface area contributed by atoms with E-state index in [2.05, 4.69) is 20.7 Å². The first-order valence-corrected chi connectivity index (χ1v) is 7.26. The van der Waals surface area contributed by atoms with Gasteiger partial charge in [-0.3, -0.25) is 4.68 Å². The van der Waals surface area contributed by atoms with Gasteiger partial charge in [-0.1, -0.05) is 0 Å². The Labute approximate surface area is 130 Å². The average molecular weight is 305 g/mol. The first kappa shape index (κ1) is 16.1. The van der Waals surface area contributed by atoms with Gasteiger partial charge in [0.25, 0.3) is 0 Å². The summed E-state index contributed by atoms with van der Waals surface area (Å²) in [6.45, 7) is 8.52. The molecule has 2 heterocycles. The van der Waals surface area contributed by atoms with E-state index in [1.165, 1.54) is 0 Å². The molecular weight excluding hydrogens is 282 g/mol. The zero-order chi connectivity index (χ0) is 16.3. The molecule has 0 saturated carbocycles. The maximum Gasteiger partial charge on any atom is 0.407 e. The van der Waals surface area contributed by atoms with Crippen molar-refractivity contribution in [3.8, 4) is 0 Å². The van der Waals surface area contributed by atoms with Gasteiger partial charge in [0.2, 0.25) is 0 Å². The Kier molecular flexibility index (Phi) is 4.54. The summed E-state index contributed by atoms with van der Waals surface area (Å²) in [4.78, 5) is 15.9. The summed E-state index contributed by atoms with van der Waals surface area (Å²) in [5, 5.41) is 11.3. The van der Waals surface area contributed by atoms with Crippen LogP contribution in [-0.4, -0.2) is 39.5 Å². The molecule has 0 spiro atoms. The number of ether oxygens (including phenoxy) is 1. The molecule has 0 radical (unpaired) electrons. The third-order valence-corrected chi connectivity index (χ3v) is 2.99. The molecule has 0 fully saturated rings. The lowest BCUT2D eigenvalue weighted by Crippen LogP contribution is -2.35. The molecule has 120 valence electrons. The van der Waals surface area contributed by atoms with Crippen molar-refractivity contribution in [3.05, 3.63) is 18.0 Å². The number of fused-ring (bicyclic) bond motifs is 1. The first-order valence-electron chi connectivity index (χ1n) is 7.26. The lowest BCUT2D eigenvalue weighted by atomic mass is 10.2. The van der Waals surface area contributed by atoms with Gasteiger partial charge in [0, 0.05) is 25.5 Å². The van der Waals surface area contributed by atoms with E-state index in [1.807, 2.05) is 40.8 Å². The molecule has 2 rings (SSSR count). The lowest BCUT2D eigenvalue weighted by molar-refractivity contribution is 0.0530. The van der Waals surface area contributed by atoms with Crippen molar-refractivity contribution in [3.63, 3.8) is 0 Å². The molecule has 7 nitrogen and oxygen atoms in total. The number of carbonyl (C=O) groups excluding carboxylic acids is 1. The minimum absolute atomic E-state index is 0.411. The van der Waals surface area contributed by atoms with E-state index < -0.39 is 11.7 Å². The third kappa shape index (κ3) is 4.09. The molecule has 2 aromatic heterocycles. The number of anilines is 1. The van der Waals surface area contributed by atoms with E-state index in [0.29, 0.717) is 13.1 Å². The molecule has 0 atom stereocenters. The highest BCUT2D eigenvalue weighted by Gasteiger charge is 2.15. The number of rotatable bonds is 4. The Morgan fingerprint density at radius 2 is 2.09 bits per heavy atom. The van der Waals surface area contributed by atoms with Gasteiger partial charge in [-0.15, -0.1) is 0 Å². The molecule has 2 aromatic rings. The van der Waals surface area contributed by atoms with Gasteiger partial charge in [-0.2, -0.15) is 5.10 Å². The van der Waals surface area contributed by atoms with Crippen molar-refractivity contribution >= 4 is 22.8 Å². The normalized spacial score (nSPS) is 11.5. The summed E-state index contributed by atoms with van der Waals surface area (Å²) in [5.41, 5.74) is 2.22. The number of nitrogens with one attached hydrogen (secondary N) is 2. The van der Waals surface area contributed by atoms with Crippen molar-refractivity contribution in [1.82, 2.24) is 20.1 Å². The van der Waals surface area contributed by atoms with Crippen LogP contribution in [0.3, 0.4) is 0 Å². The van der Waals surface area contributed by atoms with Gasteiger partial charge in [0.1, 0.15) is 5.60 Å². The molecule has 0 aromatic carbocycles. The Hall–Kier alpha value is -2.31. The number of aromatic nitrogens is 3. The average Bonchev–Trinajstić information content (AvgIpc) is 2.68. The maximum absolute atomic E-state index is 11.5. The number of carbonyl (C=O) groups is 1. The molecule has 1 amide bonds. The molecule has 0 bridgehead atoms.